The minimum atomic E-state index is 0.167. The molecule has 1 amide bonds. The Labute approximate surface area is 158 Å². The van der Waals surface area contributed by atoms with E-state index in [0.717, 1.165) is 35.4 Å². The topological polar surface area (TPSA) is 89.9 Å². The third kappa shape index (κ3) is 3.55. The number of aryl methyl sites for hydroxylation is 1. The first kappa shape index (κ1) is 17.6. The highest BCUT2D eigenvalue weighted by molar-refractivity contribution is 5.79. The van der Waals surface area contributed by atoms with Gasteiger partial charge in [0.15, 0.2) is 5.65 Å². The van der Waals surface area contributed by atoms with Crippen LogP contribution in [0.2, 0.25) is 0 Å². The number of hydrogen-bond donors (Lipinski definition) is 1. The highest BCUT2D eigenvalue weighted by atomic mass is 16.2. The third-order valence-corrected chi connectivity index (χ3v) is 5.10. The second-order valence-corrected chi connectivity index (χ2v) is 7.12. The number of rotatable bonds is 5. The van der Waals surface area contributed by atoms with E-state index in [4.69, 9.17) is 10.8 Å². The Hall–Kier alpha value is -2.80. The van der Waals surface area contributed by atoms with Gasteiger partial charge in [-0.25, -0.2) is 14.6 Å². The molecule has 0 saturated carbocycles. The summed E-state index contributed by atoms with van der Waals surface area (Å²) < 4.78 is 1.83. The van der Waals surface area contributed by atoms with Gasteiger partial charge in [0.2, 0.25) is 5.91 Å². The predicted octanol–water partition coefficient (Wildman–Crippen LogP) is 1.65. The summed E-state index contributed by atoms with van der Waals surface area (Å²) in [5.41, 5.74) is 10.5. The van der Waals surface area contributed by atoms with Gasteiger partial charge < -0.3 is 10.6 Å². The molecular weight excluding hydrogens is 340 g/mol. The van der Waals surface area contributed by atoms with Crippen LogP contribution in [0.5, 0.6) is 0 Å². The lowest BCUT2D eigenvalue weighted by molar-refractivity contribution is -0.129. The highest BCUT2D eigenvalue weighted by Crippen LogP contribution is 2.30. The van der Waals surface area contributed by atoms with Gasteiger partial charge in [0.1, 0.15) is 5.52 Å². The van der Waals surface area contributed by atoms with E-state index in [9.17, 15) is 4.79 Å². The van der Waals surface area contributed by atoms with Crippen molar-refractivity contribution >= 4 is 17.1 Å². The van der Waals surface area contributed by atoms with Crippen molar-refractivity contribution in [1.82, 2.24) is 24.6 Å². The van der Waals surface area contributed by atoms with Crippen molar-refractivity contribution in [3.8, 4) is 0 Å². The Morgan fingerprint density at radius 3 is 2.96 bits per heavy atom. The molecule has 27 heavy (non-hydrogen) atoms. The minimum absolute atomic E-state index is 0.167. The van der Waals surface area contributed by atoms with E-state index in [1.807, 2.05) is 34.7 Å². The largest absolute Gasteiger partial charge is 0.342 e. The van der Waals surface area contributed by atoms with Crippen LogP contribution < -0.4 is 5.73 Å². The van der Waals surface area contributed by atoms with Crippen LogP contribution in [0.4, 0.5) is 0 Å². The molecule has 1 fully saturated rings. The zero-order valence-corrected chi connectivity index (χ0v) is 15.5. The zero-order valence-electron chi connectivity index (χ0n) is 15.5. The molecule has 3 aromatic rings. The maximum atomic E-state index is 12.7. The van der Waals surface area contributed by atoms with Crippen molar-refractivity contribution in [3.63, 3.8) is 0 Å². The van der Waals surface area contributed by atoms with E-state index >= 15 is 0 Å². The monoisotopic (exact) mass is 364 g/mol. The average molecular weight is 364 g/mol. The van der Waals surface area contributed by atoms with Crippen LogP contribution in [0.3, 0.4) is 0 Å². The maximum absolute atomic E-state index is 12.7. The molecule has 1 aliphatic rings. The van der Waals surface area contributed by atoms with Gasteiger partial charge in [0.05, 0.1) is 18.7 Å². The minimum Gasteiger partial charge on any atom is -0.342 e. The molecule has 0 aliphatic carbocycles. The van der Waals surface area contributed by atoms with Gasteiger partial charge >= 0.3 is 0 Å². The first-order chi connectivity index (χ1) is 13.2. The normalized spacial score (nSPS) is 17.0. The summed E-state index contributed by atoms with van der Waals surface area (Å²) >= 11 is 0. The first-order valence-electron chi connectivity index (χ1n) is 9.36. The van der Waals surface area contributed by atoms with E-state index in [0.29, 0.717) is 26.1 Å². The average Bonchev–Trinajstić information content (AvgIpc) is 3.28. The summed E-state index contributed by atoms with van der Waals surface area (Å²) in [7, 11) is 0. The van der Waals surface area contributed by atoms with E-state index in [-0.39, 0.29) is 11.8 Å². The zero-order chi connectivity index (χ0) is 18.8. The molecule has 140 valence electrons. The number of hydrogen-bond acceptors (Lipinski definition) is 5. The van der Waals surface area contributed by atoms with Crippen LogP contribution in [-0.2, 0) is 17.8 Å². The number of likely N-dealkylation sites (tertiary alicyclic amines) is 1. The summed E-state index contributed by atoms with van der Waals surface area (Å²) in [5, 5.41) is 4.72. The molecule has 3 heterocycles. The van der Waals surface area contributed by atoms with Gasteiger partial charge in [-0.05, 0) is 18.9 Å². The second kappa shape index (κ2) is 7.44. The summed E-state index contributed by atoms with van der Waals surface area (Å²) in [6, 6.07) is 8.13. The van der Waals surface area contributed by atoms with Crippen LogP contribution in [0.15, 0.2) is 36.7 Å². The lowest BCUT2D eigenvalue weighted by Crippen LogP contribution is -2.30. The van der Waals surface area contributed by atoms with Crippen molar-refractivity contribution in [1.29, 1.82) is 0 Å². The Kier molecular flexibility index (Phi) is 4.85. The molecule has 1 atom stereocenters. The molecule has 7 nitrogen and oxygen atoms in total. The van der Waals surface area contributed by atoms with Crippen molar-refractivity contribution < 1.29 is 4.79 Å². The molecule has 0 unspecified atom stereocenters. The molecule has 0 bridgehead atoms. The Balaban J connectivity index is 1.51. The lowest BCUT2D eigenvalue weighted by atomic mass is 10.0. The third-order valence-electron chi connectivity index (χ3n) is 5.10. The van der Waals surface area contributed by atoms with Crippen molar-refractivity contribution in [3.05, 3.63) is 53.5 Å². The number of carbonyl (C=O) groups excluding carboxylic acids is 1. The molecule has 0 radical (unpaired) electrons. The summed E-state index contributed by atoms with van der Waals surface area (Å²) in [6.07, 6.45) is 4.70. The van der Waals surface area contributed by atoms with Gasteiger partial charge in [-0.15, -0.1) is 0 Å². The molecule has 4 rings (SSSR count). The number of benzene rings is 1. The highest BCUT2D eigenvalue weighted by Gasteiger charge is 2.31. The van der Waals surface area contributed by atoms with Gasteiger partial charge in [0, 0.05) is 37.9 Å². The molecule has 7 heteroatoms. The summed E-state index contributed by atoms with van der Waals surface area (Å²) in [4.78, 5) is 23.6. The van der Waals surface area contributed by atoms with Crippen molar-refractivity contribution in [2.75, 3.05) is 19.6 Å². The van der Waals surface area contributed by atoms with Crippen LogP contribution in [-0.4, -0.2) is 50.2 Å². The quantitative estimate of drug-likeness (QED) is 0.743. The lowest BCUT2D eigenvalue weighted by Gasteiger charge is -2.16. The van der Waals surface area contributed by atoms with E-state index in [2.05, 4.69) is 16.0 Å². The number of aromatic nitrogens is 4. The number of nitrogens with zero attached hydrogens (tertiary/aromatic N) is 5. The van der Waals surface area contributed by atoms with Crippen LogP contribution >= 0.6 is 0 Å². The van der Waals surface area contributed by atoms with E-state index < -0.39 is 0 Å². The van der Waals surface area contributed by atoms with Gasteiger partial charge in [-0.3, -0.25) is 4.79 Å². The molecule has 2 aromatic heterocycles. The standard InChI is InChI=1S/C20H24N6O/c1-14-3-2-4-15(11-14)12-17(27)25-9-5-16(13-25)18-19-20(23-8-7-22-19)26(24-18)10-6-21/h2-4,7-8,11,16H,5-6,9-10,12-13,21H2,1H3/t16-/m0/s1. The SMILES string of the molecule is Cc1cccc(CC(=O)N2CC[C@H](c3nn(CCN)c4nccnc34)C2)c1. The van der Waals surface area contributed by atoms with E-state index in [1.54, 1.807) is 12.4 Å². The Morgan fingerprint density at radius 1 is 1.30 bits per heavy atom. The summed E-state index contributed by atoms with van der Waals surface area (Å²) in [5.74, 6) is 0.351. The van der Waals surface area contributed by atoms with Crippen LogP contribution in [0.1, 0.15) is 29.2 Å². The van der Waals surface area contributed by atoms with Gasteiger partial charge in [0.25, 0.3) is 0 Å². The van der Waals surface area contributed by atoms with Crippen molar-refractivity contribution in [2.24, 2.45) is 5.73 Å². The van der Waals surface area contributed by atoms with Gasteiger partial charge in [-0.1, -0.05) is 29.8 Å². The molecule has 1 aliphatic heterocycles. The molecule has 1 saturated heterocycles. The smallest absolute Gasteiger partial charge is 0.227 e. The Bertz CT molecular complexity index is 966. The molecule has 1 aromatic carbocycles. The number of nitrogens with two attached hydrogens (primary N) is 1. The van der Waals surface area contributed by atoms with Crippen LogP contribution in [0, 0.1) is 6.92 Å². The number of carbonyl (C=O) groups is 1. The predicted molar refractivity (Wildman–Crippen MR) is 103 cm³/mol. The van der Waals surface area contributed by atoms with E-state index in [1.165, 1.54) is 5.56 Å². The molecule has 2 N–H and O–H groups in total. The molecular formula is C20H24N6O. The fourth-order valence-electron chi connectivity index (χ4n) is 3.80. The van der Waals surface area contributed by atoms with Crippen LogP contribution in [0.25, 0.3) is 11.2 Å². The first-order valence-corrected chi connectivity index (χ1v) is 9.36. The number of amides is 1. The maximum Gasteiger partial charge on any atom is 0.227 e. The summed E-state index contributed by atoms with van der Waals surface area (Å²) in [6.45, 7) is 4.58. The molecule has 0 spiro atoms. The number of fused-ring (bicyclic) bond motifs is 1. The second-order valence-electron chi connectivity index (χ2n) is 7.12. The fraction of sp³-hybridized carbons (Fsp3) is 0.400. The Morgan fingerprint density at radius 2 is 2.15 bits per heavy atom. The van der Waals surface area contributed by atoms with Gasteiger partial charge in [-0.2, -0.15) is 5.10 Å². The fourth-order valence-corrected chi connectivity index (χ4v) is 3.80. The van der Waals surface area contributed by atoms with Crippen molar-refractivity contribution in [2.45, 2.75) is 32.2 Å².